The number of nitrogens with zero attached hydrogens (tertiary/aromatic N) is 1. The molecule has 21 heavy (non-hydrogen) atoms. The minimum atomic E-state index is -0.339. The lowest BCUT2D eigenvalue weighted by Gasteiger charge is -2.36. The van der Waals surface area contributed by atoms with Gasteiger partial charge in [0.15, 0.2) is 6.61 Å². The second-order valence-corrected chi connectivity index (χ2v) is 6.24. The number of rotatable bonds is 4. The average Bonchev–Trinajstić information content (AvgIpc) is 2.45. The summed E-state index contributed by atoms with van der Waals surface area (Å²) in [6.07, 6.45) is -0.440. The van der Waals surface area contributed by atoms with E-state index in [4.69, 9.17) is 26.2 Å². The number of amides is 1. The maximum absolute atomic E-state index is 12.2. The lowest BCUT2D eigenvalue weighted by molar-refractivity contribution is -0.149. The van der Waals surface area contributed by atoms with E-state index in [9.17, 15) is 4.79 Å². The molecule has 2 rings (SSSR count). The molecule has 5 nitrogen and oxygen atoms in total. The smallest absolute Gasteiger partial charge is 0.260 e. The Morgan fingerprint density at radius 1 is 1.57 bits per heavy atom. The summed E-state index contributed by atoms with van der Waals surface area (Å²) in [5.41, 5.74) is 0. The minimum absolute atomic E-state index is 0.0911. The molecule has 1 amide bonds. The van der Waals surface area contributed by atoms with Crippen LogP contribution in [0.2, 0.25) is 5.02 Å². The summed E-state index contributed by atoms with van der Waals surface area (Å²) in [4.78, 5) is 13.8. The third kappa shape index (κ3) is 4.57. The molecule has 1 aromatic rings. The molecule has 116 valence electrons. The van der Waals surface area contributed by atoms with Crippen molar-refractivity contribution in [2.75, 3.05) is 26.3 Å². The zero-order valence-electron chi connectivity index (χ0n) is 11.6. The van der Waals surface area contributed by atoms with Crippen LogP contribution in [-0.2, 0) is 9.53 Å². The first-order valence-corrected chi connectivity index (χ1v) is 7.78. The highest BCUT2D eigenvalue weighted by molar-refractivity contribution is 9.10. The second-order valence-electron chi connectivity index (χ2n) is 4.91. The molecule has 7 heteroatoms. The summed E-state index contributed by atoms with van der Waals surface area (Å²) >= 11 is 9.34. The summed E-state index contributed by atoms with van der Waals surface area (Å²) < 4.78 is 11.8. The Bertz CT molecular complexity index is 514. The first-order chi connectivity index (χ1) is 9.99. The quantitative estimate of drug-likeness (QED) is 0.871. The molecule has 0 bridgehead atoms. The zero-order valence-corrected chi connectivity index (χ0v) is 13.9. The molecule has 0 spiro atoms. The highest BCUT2D eigenvalue weighted by Gasteiger charge is 2.28. The van der Waals surface area contributed by atoms with E-state index in [-0.39, 0.29) is 31.3 Å². The topological polar surface area (TPSA) is 59.0 Å². The molecular weight excluding hydrogens is 362 g/mol. The first-order valence-electron chi connectivity index (χ1n) is 6.61. The molecular formula is C14H17BrClNO4. The van der Waals surface area contributed by atoms with Crippen molar-refractivity contribution < 1.29 is 19.4 Å². The van der Waals surface area contributed by atoms with Gasteiger partial charge in [-0.3, -0.25) is 4.79 Å². The molecule has 1 aliphatic rings. The van der Waals surface area contributed by atoms with Crippen LogP contribution in [0, 0.1) is 0 Å². The number of hydrogen-bond acceptors (Lipinski definition) is 4. The zero-order chi connectivity index (χ0) is 15.4. The van der Waals surface area contributed by atoms with Gasteiger partial charge in [0.25, 0.3) is 5.91 Å². The van der Waals surface area contributed by atoms with Crippen molar-refractivity contribution >= 4 is 33.4 Å². The summed E-state index contributed by atoms with van der Waals surface area (Å²) in [6, 6.07) is 5.21. The Hall–Kier alpha value is -0.820. The van der Waals surface area contributed by atoms with Gasteiger partial charge in [0, 0.05) is 17.6 Å². The van der Waals surface area contributed by atoms with Crippen molar-refractivity contribution in [3.8, 4) is 5.75 Å². The van der Waals surface area contributed by atoms with Gasteiger partial charge in [-0.15, -0.1) is 0 Å². The van der Waals surface area contributed by atoms with Crippen molar-refractivity contribution in [3.05, 3.63) is 27.7 Å². The van der Waals surface area contributed by atoms with Crippen LogP contribution in [0.3, 0.4) is 0 Å². The van der Waals surface area contributed by atoms with Gasteiger partial charge in [0.1, 0.15) is 5.75 Å². The van der Waals surface area contributed by atoms with Crippen molar-refractivity contribution in [2.24, 2.45) is 0 Å². The van der Waals surface area contributed by atoms with Gasteiger partial charge in [0.2, 0.25) is 0 Å². The van der Waals surface area contributed by atoms with Crippen LogP contribution >= 0.6 is 27.5 Å². The number of morpholine rings is 1. The van der Waals surface area contributed by atoms with Crippen LogP contribution in [0.25, 0.3) is 0 Å². The van der Waals surface area contributed by atoms with Crippen LogP contribution < -0.4 is 4.74 Å². The number of halogens is 2. The third-order valence-electron chi connectivity index (χ3n) is 3.13. The number of carbonyl (C=O) groups is 1. The lowest BCUT2D eigenvalue weighted by Crippen LogP contribution is -2.51. The molecule has 2 unspecified atom stereocenters. The van der Waals surface area contributed by atoms with Gasteiger partial charge >= 0.3 is 0 Å². The molecule has 1 N–H and O–H groups in total. The van der Waals surface area contributed by atoms with Gasteiger partial charge in [-0.2, -0.15) is 0 Å². The van der Waals surface area contributed by atoms with E-state index in [1.54, 1.807) is 23.1 Å². The molecule has 0 radical (unpaired) electrons. The van der Waals surface area contributed by atoms with Crippen LogP contribution in [-0.4, -0.2) is 54.4 Å². The van der Waals surface area contributed by atoms with Gasteiger partial charge in [-0.1, -0.05) is 27.5 Å². The summed E-state index contributed by atoms with van der Waals surface area (Å²) in [5, 5.41) is 9.61. The number of ether oxygens (including phenoxy) is 2. The van der Waals surface area contributed by atoms with E-state index in [1.165, 1.54) is 0 Å². The Balaban J connectivity index is 1.92. The average molecular weight is 379 g/mol. The van der Waals surface area contributed by atoms with E-state index in [1.807, 2.05) is 6.92 Å². The molecule has 0 saturated carbocycles. The third-order valence-corrected chi connectivity index (χ3v) is 3.92. The number of carbonyl (C=O) groups excluding carboxylic acids is 1. The maximum Gasteiger partial charge on any atom is 0.260 e. The van der Waals surface area contributed by atoms with Crippen molar-refractivity contribution in [3.63, 3.8) is 0 Å². The molecule has 1 aromatic carbocycles. The van der Waals surface area contributed by atoms with E-state index < -0.39 is 0 Å². The van der Waals surface area contributed by atoms with Crippen molar-refractivity contribution in [2.45, 2.75) is 19.1 Å². The second kappa shape index (κ2) is 7.45. The van der Waals surface area contributed by atoms with Gasteiger partial charge in [0.05, 0.1) is 23.8 Å². The molecule has 0 aliphatic carbocycles. The summed E-state index contributed by atoms with van der Waals surface area (Å²) in [7, 11) is 0. The van der Waals surface area contributed by atoms with Gasteiger partial charge < -0.3 is 19.5 Å². The fourth-order valence-corrected chi connectivity index (χ4v) is 2.90. The predicted molar refractivity (Wildman–Crippen MR) is 82.6 cm³/mol. The Kier molecular flexibility index (Phi) is 5.87. The lowest BCUT2D eigenvalue weighted by atomic mass is 10.2. The SMILES string of the molecule is CC1CN(C(=O)COc2ccc(Br)cc2Cl)CC(CO)O1. The molecule has 1 fully saturated rings. The molecule has 1 saturated heterocycles. The largest absolute Gasteiger partial charge is 0.482 e. The maximum atomic E-state index is 12.2. The van der Waals surface area contributed by atoms with Crippen molar-refractivity contribution in [1.82, 2.24) is 4.90 Å². The van der Waals surface area contributed by atoms with E-state index in [0.717, 1.165) is 4.47 Å². The fraction of sp³-hybridized carbons (Fsp3) is 0.500. The van der Waals surface area contributed by atoms with Gasteiger partial charge in [-0.05, 0) is 25.1 Å². The fourth-order valence-electron chi connectivity index (χ4n) is 2.17. The van der Waals surface area contributed by atoms with E-state index >= 15 is 0 Å². The predicted octanol–water partition coefficient (Wildman–Crippen LogP) is 2.09. The Morgan fingerprint density at radius 3 is 3.00 bits per heavy atom. The highest BCUT2D eigenvalue weighted by atomic mass is 79.9. The minimum Gasteiger partial charge on any atom is -0.482 e. The molecule has 0 aromatic heterocycles. The van der Waals surface area contributed by atoms with Gasteiger partial charge in [-0.25, -0.2) is 0 Å². The highest BCUT2D eigenvalue weighted by Crippen LogP contribution is 2.27. The Morgan fingerprint density at radius 2 is 2.33 bits per heavy atom. The number of benzene rings is 1. The normalized spacial score (nSPS) is 22.2. The van der Waals surface area contributed by atoms with Crippen LogP contribution in [0.15, 0.2) is 22.7 Å². The summed E-state index contributed by atoms with van der Waals surface area (Å²) in [6.45, 7) is 2.54. The van der Waals surface area contributed by atoms with Crippen molar-refractivity contribution in [1.29, 1.82) is 0 Å². The van der Waals surface area contributed by atoms with E-state index in [0.29, 0.717) is 23.9 Å². The number of aliphatic hydroxyl groups excluding tert-OH is 1. The number of hydrogen-bond donors (Lipinski definition) is 1. The van der Waals surface area contributed by atoms with Crippen LogP contribution in [0.5, 0.6) is 5.75 Å². The first kappa shape index (κ1) is 16.5. The molecule has 1 heterocycles. The summed E-state index contributed by atoms with van der Waals surface area (Å²) in [5.74, 6) is 0.316. The molecule has 2 atom stereocenters. The standard InChI is InChI=1S/C14H17BrClNO4/c1-9-5-17(6-11(7-18)21-9)14(19)8-20-13-3-2-10(15)4-12(13)16/h2-4,9,11,18H,5-8H2,1H3. The monoisotopic (exact) mass is 377 g/mol. The number of aliphatic hydroxyl groups is 1. The molecule has 1 aliphatic heterocycles. The van der Waals surface area contributed by atoms with Crippen LogP contribution in [0.4, 0.5) is 0 Å². The van der Waals surface area contributed by atoms with Crippen LogP contribution in [0.1, 0.15) is 6.92 Å². The Labute approximate surface area is 136 Å². The van der Waals surface area contributed by atoms with E-state index in [2.05, 4.69) is 15.9 Å².